The molecule has 0 amide bonds. The minimum Gasteiger partial charge on any atom is -0.347 e. The SMILES string of the molecule is CN1C(=Cc2nc(-c3ccccc3)c(-c3ccccc3)[nH]2)C(C)(C)c2ccccc21. The van der Waals surface area contributed by atoms with Gasteiger partial charge in [-0.05, 0) is 11.6 Å². The summed E-state index contributed by atoms with van der Waals surface area (Å²) in [6, 6.07) is 29.4. The van der Waals surface area contributed by atoms with Gasteiger partial charge < -0.3 is 9.88 Å². The molecule has 3 nitrogen and oxygen atoms in total. The molecule has 1 aliphatic heterocycles. The molecule has 1 aliphatic rings. The van der Waals surface area contributed by atoms with E-state index in [0.29, 0.717) is 0 Å². The van der Waals surface area contributed by atoms with Crippen LogP contribution in [0.3, 0.4) is 0 Å². The van der Waals surface area contributed by atoms with E-state index in [4.69, 9.17) is 4.98 Å². The largest absolute Gasteiger partial charge is 0.347 e. The van der Waals surface area contributed by atoms with Gasteiger partial charge in [0.25, 0.3) is 0 Å². The van der Waals surface area contributed by atoms with Crippen molar-refractivity contribution in [1.29, 1.82) is 0 Å². The van der Waals surface area contributed by atoms with E-state index in [0.717, 1.165) is 28.3 Å². The number of aromatic nitrogens is 2. The summed E-state index contributed by atoms with van der Waals surface area (Å²) >= 11 is 0. The Balaban J connectivity index is 1.66. The Bertz CT molecular complexity index is 1160. The van der Waals surface area contributed by atoms with Crippen molar-refractivity contribution >= 4 is 11.8 Å². The lowest BCUT2D eigenvalue weighted by Crippen LogP contribution is -2.22. The maximum absolute atomic E-state index is 5.02. The van der Waals surface area contributed by atoms with Crippen LogP contribution in [0.1, 0.15) is 25.2 Å². The lowest BCUT2D eigenvalue weighted by molar-refractivity contribution is 0.644. The Kier molecular flexibility index (Phi) is 4.32. The summed E-state index contributed by atoms with van der Waals surface area (Å²) in [5.74, 6) is 0.871. The van der Waals surface area contributed by atoms with E-state index in [1.54, 1.807) is 0 Å². The van der Waals surface area contributed by atoms with Crippen LogP contribution in [-0.2, 0) is 5.41 Å². The molecule has 1 aromatic heterocycles. The number of nitrogens with zero attached hydrogens (tertiary/aromatic N) is 2. The van der Waals surface area contributed by atoms with Gasteiger partial charge in [-0.1, -0.05) is 92.7 Å². The number of allylic oxidation sites excluding steroid dienone is 1. The molecule has 3 heteroatoms. The van der Waals surface area contributed by atoms with E-state index in [1.165, 1.54) is 16.9 Å². The Morgan fingerprint density at radius 3 is 2.07 bits per heavy atom. The van der Waals surface area contributed by atoms with Gasteiger partial charge in [0.15, 0.2) is 0 Å². The normalized spacial score (nSPS) is 16.1. The second-order valence-electron chi connectivity index (χ2n) is 8.31. The van der Waals surface area contributed by atoms with Crippen molar-refractivity contribution in [2.75, 3.05) is 11.9 Å². The number of anilines is 1. The lowest BCUT2D eigenvalue weighted by Gasteiger charge is -2.23. The van der Waals surface area contributed by atoms with Crippen LogP contribution < -0.4 is 4.90 Å². The minimum absolute atomic E-state index is 0.0854. The van der Waals surface area contributed by atoms with E-state index in [1.807, 2.05) is 12.1 Å². The van der Waals surface area contributed by atoms with Gasteiger partial charge in [-0.3, -0.25) is 0 Å². The number of imidazole rings is 1. The van der Waals surface area contributed by atoms with Crippen LogP contribution in [0.15, 0.2) is 90.6 Å². The van der Waals surface area contributed by atoms with Crippen LogP contribution in [0, 0.1) is 0 Å². The van der Waals surface area contributed by atoms with Crippen molar-refractivity contribution in [3.63, 3.8) is 0 Å². The average molecular weight is 392 g/mol. The molecule has 1 N–H and O–H groups in total. The molecular formula is C27H25N3. The Morgan fingerprint density at radius 1 is 0.800 bits per heavy atom. The fourth-order valence-corrected chi connectivity index (χ4v) is 4.47. The summed E-state index contributed by atoms with van der Waals surface area (Å²) in [4.78, 5) is 10.9. The molecule has 148 valence electrons. The van der Waals surface area contributed by atoms with Gasteiger partial charge in [0.2, 0.25) is 0 Å². The smallest absolute Gasteiger partial charge is 0.132 e. The fraction of sp³-hybridized carbons (Fsp3) is 0.148. The van der Waals surface area contributed by atoms with Gasteiger partial charge in [0.05, 0.1) is 11.4 Å². The van der Waals surface area contributed by atoms with Crippen molar-refractivity contribution < 1.29 is 0 Å². The number of nitrogens with one attached hydrogen (secondary N) is 1. The van der Waals surface area contributed by atoms with Crippen LogP contribution in [0.2, 0.25) is 0 Å². The van der Waals surface area contributed by atoms with Crippen LogP contribution in [-0.4, -0.2) is 17.0 Å². The summed E-state index contributed by atoms with van der Waals surface area (Å²) < 4.78 is 0. The molecule has 3 aromatic carbocycles. The number of aromatic amines is 1. The highest BCUT2D eigenvalue weighted by molar-refractivity contribution is 5.81. The number of fused-ring (bicyclic) bond motifs is 1. The molecule has 0 atom stereocenters. The van der Waals surface area contributed by atoms with Crippen LogP contribution in [0.4, 0.5) is 5.69 Å². The molecule has 4 aromatic rings. The highest BCUT2D eigenvalue weighted by Crippen LogP contribution is 2.47. The number of likely N-dealkylation sites (N-methyl/N-ethyl adjacent to an activating group) is 1. The van der Waals surface area contributed by atoms with Gasteiger partial charge in [-0.2, -0.15) is 0 Å². The van der Waals surface area contributed by atoms with Crippen molar-refractivity contribution in [1.82, 2.24) is 9.97 Å². The Morgan fingerprint density at radius 2 is 1.40 bits per heavy atom. The third kappa shape index (κ3) is 2.94. The van der Waals surface area contributed by atoms with E-state index < -0.39 is 0 Å². The molecule has 0 unspecified atom stereocenters. The zero-order valence-corrected chi connectivity index (χ0v) is 17.6. The number of H-pyrrole nitrogens is 1. The Hall–Kier alpha value is -3.59. The number of hydrogen-bond donors (Lipinski definition) is 1. The van der Waals surface area contributed by atoms with Crippen LogP contribution >= 0.6 is 0 Å². The summed E-state index contributed by atoms with van der Waals surface area (Å²) in [5, 5.41) is 0. The van der Waals surface area contributed by atoms with Crippen LogP contribution in [0.25, 0.3) is 28.6 Å². The first-order valence-electron chi connectivity index (χ1n) is 10.3. The highest BCUT2D eigenvalue weighted by Gasteiger charge is 2.38. The second kappa shape index (κ2) is 7.03. The monoisotopic (exact) mass is 391 g/mol. The van der Waals surface area contributed by atoms with E-state index in [9.17, 15) is 0 Å². The van der Waals surface area contributed by atoms with Crippen molar-refractivity contribution in [2.24, 2.45) is 0 Å². The quantitative estimate of drug-likeness (QED) is 0.431. The first-order valence-corrected chi connectivity index (χ1v) is 10.3. The molecule has 5 rings (SSSR count). The van der Waals surface area contributed by atoms with Crippen LogP contribution in [0.5, 0.6) is 0 Å². The maximum atomic E-state index is 5.02. The van der Waals surface area contributed by atoms with Gasteiger partial charge in [-0.15, -0.1) is 0 Å². The van der Waals surface area contributed by atoms with Gasteiger partial charge in [0.1, 0.15) is 5.82 Å². The van der Waals surface area contributed by atoms with Crippen molar-refractivity contribution in [2.45, 2.75) is 19.3 Å². The summed E-state index contributed by atoms with van der Waals surface area (Å²) in [6.07, 6.45) is 2.19. The number of rotatable bonds is 3. The lowest BCUT2D eigenvalue weighted by atomic mass is 9.84. The topological polar surface area (TPSA) is 31.9 Å². The van der Waals surface area contributed by atoms with Crippen molar-refractivity contribution in [3.05, 3.63) is 102 Å². The zero-order chi connectivity index (χ0) is 20.7. The number of benzene rings is 3. The Labute approximate surface area is 177 Å². The van der Waals surface area contributed by atoms with E-state index in [2.05, 4.69) is 110 Å². The first-order chi connectivity index (χ1) is 14.6. The molecule has 0 saturated heterocycles. The predicted molar refractivity (Wildman–Crippen MR) is 125 cm³/mol. The molecule has 0 saturated carbocycles. The molecule has 0 aliphatic carbocycles. The predicted octanol–water partition coefficient (Wildman–Crippen LogP) is 6.51. The molecule has 0 bridgehead atoms. The third-order valence-electron chi connectivity index (χ3n) is 6.05. The number of para-hydroxylation sites is 1. The molecule has 0 fully saturated rings. The van der Waals surface area contributed by atoms with E-state index >= 15 is 0 Å². The third-order valence-corrected chi connectivity index (χ3v) is 6.05. The molecule has 0 spiro atoms. The molecule has 30 heavy (non-hydrogen) atoms. The fourth-order valence-electron chi connectivity index (χ4n) is 4.47. The minimum atomic E-state index is -0.0854. The van der Waals surface area contributed by atoms with E-state index in [-0.39, 0.29) is 5.41 Å². The standard InChI is InChI=1S/C27H25N3/c1-27(2)21-16-10-11-17-22(21)30(3)23(27)18-24-28-25(19-12-6-4-7-13-19)26(29-24)20-14-8-5-9-15-20/h4-18H,1-3H3,(H,28,29). The molecule has 0 radical (unpaired) electrons. The zero-order valence-electron chi connectivity index (χ0n) is 17.6. The molecular weight excluding hydrogens is 366 g/mol. The van der Waals surface area contributed by atoms with Crippen molar-refractivity contribution in [3.8, 4) is 22.5 Å². The van der Waals surface area contributed by atoms with Gasteiger partial charge >= 0.3 is 0 Å². The summed E-state index contributed by atoms with van der Waals surface area (Å²) in [6.45, 7) is 4.56. The molecule has 2 heterocycles. The second-order valence-corrected chi connectivity index (χ2v) is 8.31. The highest BCUT2D eigenvalue weighted by atomic mass is 15.2. The summed E-state index contributed by atoms with van der Waals surface area (Å²) in [7, 11) is 2.14. The average Bonchev–Trinajstić information content (AvgIpc) is 3.29. The first kappa shape index (κ1) is 18.4. The maximum Gasteiger partial charge on any atom is 0.132 e. The van der Waals surface area contributed by atoms with Gasteiger partial charge in [-0.25, -0.2) is 4.98 Å². The van der Waals surface area contributed by atoms with Gasteiger partial charge in [0, 0.05) is 41.1 Å². The summed E-state index contributed by atoms with van der Waals surface area (Å²) in [5.41, 5.74) is 8.02. The number of hydrogen-bond acceptors (Lipinski definition) is 2.